The Hall–Kier alpha value is -1.52. The van der Waals surface area contributed by atoms with Crippen molar-refractivity contribution >= 4 is 17.4 Å². The molecule has 0 aliphatic rings. The van der Waals surface area contributed by atoms with E-state index in [4.69, 9.17) is 16.0 Å². The van der Waals surface area contributed by atoms with E-state index in [2.05, 4.69) is 4.98 Å². The van der Waals surface area contributed by atoms with Crippen LogP contribution in [0.3, 0.4) is 0 Å². The van der Waals surface area contributed by atoms with Crippen LogP contribution in [0.4, 0.5) is 5.82 Å². The van der Waals surface area contributed by atoms with Crippen molar-refractivity contribution in [2.45, 2.75) is 6.10 Å². The number of anilines is 1. The maximum atomic E-state index is 10.0. The molecule has 0 radical (unpaired) electrons. The highest BCUT2D eigenvalue weighted by Crippen LogP contribution is 2.25. The van der Waals surface area contributed by atoms with Crippen molar-refractivity contribution in [3.63, 3.8) is 0 Å². The van der Waals surface area contributed by atoms with Gasteiger partial charge in [-0.1, -0.05) is 6.07 Å². The average molecular weight is 253 g/mol. The van der Waals surface area contributed by atoms with Crippen LogP contribution in [0, 0.1) is 0 Å². The zero-order valence-corrected chi connectivity index (χ0v) is 10.3. The van der Waals surface area contributed by atoms with E-state index < -0.39 is 6.10 Å². The number of rotatable bonds is 3. The third kappa shape index (κ3) is 2.60. The minimum atomic E-state index is -0.841. The Morgan fingerprint density at radius 2 is 2.06 bits per heavy atom. The van der Waals surface area contributed by atoms with E-state index in [1.54, 1.807) is 18.3 Å². The van der Waals surface area contributed by atoms with Gasteiger partial charge in [0.1, 0.15) is 17.7 Å². The highest BCUT2D eigenvalue weighted by Gasteiger charge is 2.15. The standard InChI is InChI=1S/C12H13ClN2O2/c1-15(2)11-6-3-8(7-14-11)12(16)9-4-5-10(13)17-9/h3-7,12,16H,1-2H3. The van der Waals surface area contributed by atoms with Crippen LogP contribution in [-0.4, -0.2) is 24.2 Å². The molecule has 0 aliphatic carbocycles. The van der Waals surface area contributed by atoms with Gasteiger partial charge in [0.15, 0.2) is 5.22 Å². The van der Waals surface area contributed by atoms with E-state index in [0.29, 0.717) is 11.3 Å². The third-order valence-corrected chi connectivity index (χ3v) is 2.61. The molecule has 2 aromatic heterocycles. The van der Waals surface area contributed by atoms with Gasteiger partial charge in [-0.3, -0.25) is 0 Å². The van der Waals surface area contributed by atoms with Gasteiger partial charge in [-0.05, 0) is 29.8 Å². The zero-order chi connectivity index (χ0) is 12.4. The molecule has 0 bridgehead atoms. The van der Waals surface area contributed by atoms with E-state index >= 15 is 0 Å². The van der Waals surface area contributed by atoms with Gasteiger partial charge in [0.05, 0.1) is 0 Å². The predicted molar refractivity (Wildman–Crippen MR) is 66.3 cm³/mol. The number of furan rings is 1. The van der Waals surface area contributed by atoms with E-state index in [1.807, 2.05) is 31.1 Å². The lowest BCUT2D eigenvalue weighted by molar-refractivity contribution is 0.189. The van der Waals surface area contributed by atoms with Crippen molar-refractivity contribution in [3.8, 4) is 0 Å². The fourth-order valence-electron chi connectivity index (χ4n) is 1.46. The normalized spacial score (nSPS) is 12.5. The van der Waals surface area contributed by atoms with Crippen molar-refractivity contribution < 1.29 is 9.52 Å². The van der Waals surface area contributed by atoms with Gasteiger partial charge in [0.2, 0.25) is 0 Å². The Balaban J connectivity index is 2.22. The molecule has 0 saturated heterocycles. The lowest BCUT2D eigenvalue weighted by Gasteiger charge is -2.12. The van der Waals surface area contributed by atoms with Crippen molar-refractivity contribution in [2.24, 2.45) is 0 Å². The first kappa shape index (κ1) is 12.0. The molecule has 2 rings (SSSR count). The van der Waals surface area contributed by atoms with Gasteiger partial charge in [-0.2, -0.15) is 0 Å². The average Bonchev–Trinajstić information content (AvgIpc) is 2.75. The number of pyridine rings is 1. The Morgan fingerprint density at radius 1 is 1.29 bits per heavy atom. The summed E-state index contributed by atoms with van der Waals surface area (Å²) in [7, 11) is 3.81. The molecule has 0 aliphatic heterocycles. The monoisotopic (exact) mass is 252 g/mol. The summed E-state index contributed by atoms with van der Waals surface area (Å²) in [5.74, 6) is 1.24. The first-order valence-electron chi connectivity index (χ1n) is 5.14. The molecule has 1 unspecified atom stereocenters. The van der Waals surface area contributed by atoms with Crippen LogP contribution < -0.4 is 4.90 Å². The maximum absolute atomic E-state index is 10.0. The molecule has 0 saturated carbocycles. The van der Waals surface area contributed by atoms with Gasteiger partial charge in [0, 0.05) is 25.9 Å². The molecule has 17 heavy (non-hydrogen) atoms. The molecule has 0 fully saturated rings. The molecule has 1 atom stereocenters. The second kappa shape index (κ2) is 4.77. The van der Waals surface area contributed by atoms with Crippen molar-refractivity contribution in [3.05, 3.63) is 47.0 Å². The van der Waals surface area contributed by atoms with Gasteiger partial charge in [-0.25, -0.2) is 4.98 Å². The number of aliphatic hydroxyl groups is 1. The Bertz CT molecular complexity index is 493. The quantitative estimate of drug-likeness (QED) is 0.912. The summed E-state index contributed by atoms with van der Waals surface area (Å²) in [5, 5.41) is 10.3. The van der Waals surface area contributed by atoms with Crippen LogP contribution in [0.2, 0.25) is 5.22 Å². The number of nitrogens with zero attached hydrogens (tertiary/aromatic N) is 2. The zero-order valence-electron chi connectivity index (χ0n) is 9.59. The Kier molecular flexibility index (Phi) is 3.36. The number of hydrogen-bond donors (Lipinski definition) is 1. The largest absolute Gasteiger partial charge is 0.447 e. The Labute approximate surface area is 104 Å². The molecular weight excluding hydrogens is 240 g/mol. The van der Waals surface area contributed by atoms with Gasteiger partial charge in [-0.15, -0.1) is 0 Å². The molecule has 2 heterocycles. The SMILES string of the molecule is CN(C)c1ccc(C(O)c2ccc(Cl)o2)cn1. The first-order chi connectivity index (χ1) is 8.08. The van der Waals surface area contributed by atoms with Crippen LogP contribution in [0.25, 0.3) is 0 Å². The lowest BCUT2D eigenvalue weighted by atomic mass is 10.1. The maximum Gasteiger partial charge on any atom is 0.193 e. The van der Waals surface area contributed by atoms with E-state index in [1.165, 1.54) is 0 Å². The summed E-state index contributed by atoms with van der Waals surface area (Å²) in [4.78, 5) is 6.11. The highest BCUT2D eigenvalue weighted by atomic mass is 35.5. The summed E-state index contributed by atoms with van der Waals surface area (Å²) < 4.78 is 5.15. The van der Waals surface area contributed by atoms with Crippen molar-refractivity contribution in [1.82, 2.24) is 4.98 Å². The number of aliphatic hydroxyl groups excluding tert-OH is 1. The van der Waals surface area contributed by atoms with Crippen LogP contribution in [0.15, 0.2) is 34.9 Å². The predicted octanol–water partition coefficient (Wildman–Crippen LogP) is 2.48. The minimum Gasteiger partial charge on any atom is -0.447 e. The molecule has 0 amide bonds. The van der Waals surface area contributed by atoms with Crippen LogP contribution >= 0.6 is 11.6 Å². The molecule has 90 valence electrons. The number of hydrogen-bond acceptors (Lipinski definition) is 4. The van der Waals surface area contributed by atoms with Crippen LogP contribution in [0.1, 0.15) is 17.4 Å². The molecule has 4 nitrogen and oxygen atoms in total. The highest BCUT2D eigenvalue weighted by molar-refractivity contribution is 6.28. The third-order valence-electron chi connectivity index (χ3n) is 2.41. The molecule has 0 spiro atoms. The van der Waals surface area contributed by atoms with Gasteiger partial charge >= 0.3 is 0 Å². The molecule has 0 aromatic carbocycles. The van der Waals surface area contributed by atoms with Crippen LogP contribution in [0.5, 0.6) is 0 Å². The summed E-state index contributed by atoms with van der Waals surface area (Å²) in [5.41, 5.74) is 0.668. The molecule has 1 N–H and O–H groups in total. The van der Waals surface area contributed by atoms with Crippen LogP contribution in [-0.2, 0) is 0 Å². The summed E-state index contributed by atoms with van der Waals surface area (Å²) in [6.07, 6.45) is 0.780. The number of aromatic nitrogens is 1. The van der Waals surface area contributed by atoms with E-state index in [-0.39, 0.29) is 5.22 Å². The molecular formula is C12H13ClN2O2. The second-order valence-corrected chi connectivity index (χ2v) is 4.26. The summed E-state index contributed by atoms with van der Waals surface area (Å²) in [6, 6.07) is 6.89. The first-order valence-corrected chi connectivity index (χ1v) is 5.52. The summed E-state index contributed by atoms with van der Waals surface area (Å²) in [6.45, 7) is 0. The number of halogens is 1. The second-order valence-electron chi connectivity index (χ2n) is 3.89. The molecule has 5 heteroatoms. The molecule has 2 aromatic rings. The lowest BCUT2D eigenvalue weighted by Crippen LogP contribution is -2.10. The fraction of sp³-hybridized carbons (Fsp3) is 0.250. The van der Waals surface area contributed by atoms with Gasteiger partial charge in [0.25, 0.3) is 0 Å². The van der Waals surface area contributed by atoms with E-state index in [9.17, 15) is 5.11 Å². The van der Waals surface area contributed by atoms with E-state index in [0.717, 1.165) is 5.82 Å². The fourth-order valence-corrected chi connectivity index (χ4v) is 1.62. The van der Waals surface area contributed by atoms with Crippen molar-refractivity contribution in [2.75, 3.05) is 19.0 Å². The van der Waals surface area contributed by atoms with Crippen molar-refractivity contribution in [1.29, 1.82) is 0 Å². The van der Waals surface area contributed by atoms with Gasteiger partial charge < -0.3 is 14.4 Å². The summed E-state index contributed by atoms with van der Waals surface area (Å²) >= 11 is 5.66. The minimum absolute atomic E-state index is 0.261. The Morgan fingerprint density at radius 3 is 2.53 bits per heavy atom. The topological polar surface area (TPSA) is 49.5 Å². The smallest absolute Gasteiger partial charge is 0.193 e.